The van der Waals surface area contributed by atoms with E-state index in [-0.39, 0.29) is 5.97 Å². The topological polar surface area (TPSA) is 35.5 Å². The molecule has 0 saturated heterocycles. The summed E-state index contributed by atoms with van der Waals surface area (Å²) in [6.45, 7) is 6.34. The number of hydrogen-bond donors (Lipinski definition) is 0. The molecule has 0 atom stereocenters. The molecule has 0 N–H and O–H groups in total. The van der Waals surface area contributed by atoms with Gasteiger partial charge in [-0.05, 0) is 38.0 Å². The molecule has 4 heteroatoms. The molecular weight excluding hydrogens is 307 g/mol. The molecule has 0 amide bonds. The Labute approximate surface area is 106 Å². The van der Waals surface area contributed by atoms with Gasteiger partial charge in [-0.15, -0.1) is 0 Å². The summed E-state index contributed by atoms with van der Waals surface area (Å²) in [6, 6.07) is 0. The van der Waals surface area contributed by atoms with Gasteiger partial charge in [0.1, 0.15) is 0 Å². The van der Waals surface area contributed by atoms with Crippen molar-refractivity contribution in [1.82, 2.24) is 0 Å². The predicted molar refractivity (Wildman–Crippen MR) is 69.4 cm³/mol. The third-order valence-corrected chi connectivity index (χ3v) is 2.77. The number of rotatable bonds is 8. The summed E-state index contributed by atoms with van der Waals surface area (Å²) in [6.07, 6.45) is 3.37. The molecular formula is C11H21IO3. The number of unbranched alkanes of at least 4 members (excludes halogenated alkanes) is 2. The lowest BCUT2D eigenvalue weighted by molar-refractivity contribution is -0.167. The maximum atomic E-state index is 11.4. The van der Waals surface area contributed by atoms with E-state index in [2.05, 4.69) is 22.6 Å². The largest absolute Gasteiger partial charge is 0.464 e. The van der Waals surface area contributed by atoms with Crippen molar-refractivity contribution in [3.05, 3.63) is 0 Å². The van der Waals surface area contributed by atoms with Gasteiger partial charge in [0.15, 0.2) is 5.60 Å². The van der Waals surface area contributed by atoms with Crippen molar-refractivity contribution in [2.24, 2.45) is 0 Å². The van der Waals surface area contributed by atoms with E-state index in [1.54, 1.807) is 20.8 Å². The molecule has 0 rings (SSSR count). The minimum absolute atomic E-state index is 0.279. The molecule has 0 spiro atoms. The Hall–Kier alpha value is 0.160. The van der Waals surface area contributed by atoms with Gasteiger partial charge in [-0.1, -0.05) is 29.0 Å². The first-order valence-electron chi connectivity index (χ1n) is 5.41. The first-order valence-corrected chi connectivity index (χ1v) is 6.94. The Morgan fingerprint density at radius 1 is 1.27 bits per heavy atom. The summed E-state index contributed by atoms with van der Waals surface area (Å²) in [7, 11) is 0. The quantitative estimate of drug-likeness (QED) is 0.297. The maximum absolute atomic E-state index is 11.4. The Kier molecular flexibility index (Phi) is 8.42. The van der Waals surface area contributed by atoms with Crippen molar-refractivity contribution in [2.75, 3.05) is 17.6 Å². The normalized spacial score (nSPS) is 11.5. The molecule has 0 fully saturated rings. The summed E-state index contributed by atoms with van der Waals surface area (Å²) >= 11 is 2.36. The molecule has 0 heterocycles. The van der Waals surface area contributed by atoms with Crippen LogP contribution in [-0.2, 0) is 14.3 Å². The highest BCUT2D eigenvalue weighted by molar-refractivity contribution is 14.1. The van der Waals surface area contributed by atoms with Gasteiger partial charge in [0, 0.05) is 6.61 Å². The monoisotopic (exact) mass is 328 g/mol. The summed E-state index contributed by atoms with van der Waals surface area (Å²) in [4.78, 5) is 11.4. The lowest BCUT2D eigenvalue weighted by Crippen LogP contribution is -2.37. The Morgan fingerprint density at radius 3 is 2.47 bits per heavy atom. The molecule has 0 aromatic heterocycles. The number of esters is 1. The molecule has 0 aliphatic rings. The third-order valence-electron chi connectivity index (χ3n) is 2.01. The fraction of sp³-hybridized carbons (Fsp3) is 0.909. The number of carbonyl (C=O) groups is 1. The fourth-order valence-electron chi connectivity index (χ4n) is 1.06. The second-order valence-corrected chi connectivity index (χ2v) is 4.91. The highest BCUT2D eigenvalue weighted by Crippen LogP contribution is 2.13. The lowest BCUT2D eigenvalue weighted by Gasteiger charge is -2.22. The van der Waals surface area contributed by atoms with Crippen LogP contribution in [0.1, 0.15) is 40.0 Å². The molecule has 0 aromatic carbocycles. The molecule has 0 aliphatic heterocycles. The summed E-state index contributed by atoms with van der Waals surface area (Å²) in [5.41, 5.74) is -0.805. The standard InChI is InChI=1S/C11H21IO3/c1-4-14-10(13)11(2,3)15-9-7-5-6-8-12/h4-9H2,1-3H3. The van der Waals surface area contributed by atoms with E-state index in [4.69, 9.17) is 9.47 Å². The van der Waals surface area contributed by atoms with Crippen molar-refractivity contribution in [2.45, 2.75) is 45.6 Å². The molecule has 0 aliphatic carbocycles. The van der Waals surface area contributed by atoms with Crippen LogP contribution in [-0.4, -0.2) is 29.2 Å². The maximum Gasteiger partial charge on any atom is 0.337 e. The van der Waals surface area contributed by atoms with Crippen molar-refractivity contribution in [3.8, 4) is 0 Å². The highest BCUT2D eigenvalue weighted by atomic mass is 127. The lowest BCUT2D eigenvalue weighted by atomic mass is 10.1. The Balaban J connectivity index is 3.68. The van der Waals surface area contributed by atoms with Gasteiger partial charge in [-0.3, -0.25) is 0 Å². The zero-order valence-electron chi connectivity index (χ0n) is 9.85. The van der Waals surface area contributed by atoms with E-state index >= 15 is 0 Å². The molecule has 3 nitrogen and oxygen atoms in total. The van der Waals surface area contributed by atoms with Crippen molar-refractivity contribution in [1.29, 1.82) is 0 Å². The minimum atomic E-state index is -0.805. The van der Waals surface area contributed by atoms with Gasteiger partial charge in [-0.2, -0.15) is 0 Å². The predicted octanol–water partition coefficient (Wildman–Crippen LogP) is 2.95. The SMILES string of the molecule is CCOC(=O)C(C)(C)OCCCCCI. The smallest absolute Gasteiger partial charge is 0.337 e. The molecule has 0 aromatic rings. The average molecular weight is 328 g/mol. The number of ether oxygens (including phenoxy) is 2. The van der Waals surface area contributed by atoms with Gasteiger partial charge < -0.3 is 9.47 Å². The van der Waals surface area contributed by atoms with E-state index in [1.165, 1.54) is 10.8 Å². The summed E-state index contributed by atoms with van der Waals surface area (Å²) in [5, 5.41) is 0. The number of halogens is 1. The van der Waals surface area contributed by atoms with Crippen molar-refractivity contribution >= 4 is 28.6 Å². The zero-order valence-corrected chi connectivity index (χ0v) is 12.0. The van der Waals surface area contributed by atoms with Crippen molar-refractivity contribution < 1.29 is 14.3 Å². The zero-order chi connectivity index (χ0) is 11.7. The van der Waals surface area contributed by atoms with Gasteiger partial charge in [-0.25, -0.2) is 4.79 Å². The Morgan fingerprint density at radius 2 is 1.93 bits per heavy atom. The van der Waals surface area contributed by atoms with Crippen LogP contribution in [0.4, 0.5) is 0 Å². The highest BCUT2D eigenvalue weighted by Gasteiger charge is 2.29. The van der Waals surface area contributed by atoms with Crippen LogP contribution in [0.25, 0.3) is 0 Å². The minimum Gasteiger partial charge on any atom is -0.464 e. The first kappa shape index (κ1) is 15.2. The van der Waals surface area contributed by atoms with Crippen LogP contribution < -0.4 is 0 Å². The van der Waals surface area contributed by atoms with Crippen LogP contribution in [0.15, 0.2) is 0 Å². The first-order chi connectivity index (χ1) is 7.04. The fourth-order valence-corrected chi connectivity index (χ4v) is 1.60. The molecule has 0 saturated carbocycles. The third kappa shape index (κ3) is 7.11. The number of carbonyl (C=O) groups excluding carboxylic acids is 1. The van der Waals surface area contributed by atoms with E-state index in [0.29, 0.717) is 13.2 Å². The number of hydrogen-bond acceptors (Lipinski definition) is 3. The van der Waals surface area contributed by atoms with Crippen LogP contribution in [0.3, 0.4) is 0 Å². The molecule has 15 heavy (non-hydrogen) atoms. The molecule has 0 bridgehead atoms. The van der Waals surface area contributed by atoms with E-state index < -0.39 is 5.60 Å². The summed E-state index contributed by atoms with van der Waals surface area (Å²) in [5.74, 6) is -0.279. The van der Waals surface area contributed by atoms with Gasteiger partial charge in [0.25, 0.3) is 0 Å². The molecule has 0 radical (unpaired) electrons. The average Bonchev–Trinajstić information content (AvgIpc) is 2.18. The van der Waals surface area contributed by atoms with Crippen LogP contribution in [0.2, 0.25) is 0 Å². The second-order valence-electron chi connectivity index (χ2n) is 3.83. The Bertz CT molecular complexity index is 181. The van der Waals surface area contributed by atoms with Crippen LogP contribution in [0.5, 0.6) is 0 Å². The van der Waals surface area contributed by atoms with Gasteiger partial charge in [0.2, 0.25) is 0 Å². The van der Waals surface area contributed by atoms with E-state index in [1.807, 2.05) is 0 Å². The van der Waals surface area contributed by atoms with Crippen molar-refractivity contribution in [3.63, 3.8) is 0 Å². The van der Waals surface area contributed by atoms with Gasteiger partial charge in [0.05, 0.1) is 6.61 Å². The van der Waals surface area contributed by atoms with Gasteiger partial charge >= 0.3 is 5.97 Å². The van der Waals surface area contributed by atoms with Crippen LogP contribution >= 0.6 is 22.6 Å². The van der Waals surface area contributed by atoms with E-state index in [9.17, 15) is 4.79 Å². The second kappa shape index (κ2) is 8.33. The van der Waals surface area contributed by atoms with E-state index in [0.717, 1.165) is 12.8 Å². The molecule has 0 unspecified atom stereocenters. The van der Waals surface area contributed by atoms with Crippen LogP contribution in [0, 0.1) is 0 Å². The summed E-state index contributed by atoms with van der Waals surface area (Å²) < 4.78 is 11.6. The number of alkyl halides is 1. The molecule has 90 valence electrons.